The van der Waals surface area contributed by atoms with Crippen molar-refractivity contribution in [3.63, 3.8) is 0 Å². The molecule has 238 valence electrons. The molecule has 1 aliphatic heterocycles. The Morgan fingerprint density at radius 3 is 1.73 bits per heavy atom. The van der Waals surface area contributed by atoms with Crippen LogP contribution in [0.25, 0.3) is 99.8 Å². The predicted molar refractivity (Wildman–Crippen MR) is 217 cm³/mol. The molecular weight excluding hydrogens is 617 g/mol. The van der Waals surface area contributed by atoms with Gasteiger partial charge in [0.25, 0.3) is 0 Å². The molecule has 0 atom stereocenters. The van der Waals surface area contributed by atoms with E-state index in [0.717, 1.165) is 12.2 Å². The monoisotopic (exact) mass is 648 g/mol. The van der Waals surface area contributed by atoms with Crippen LogP contribution in [0.3, 0.4) is 0 Å². The SMILES string of the molecule is C1=Cc2c(c3ccccc3n2-c2cccc(-c3ccc4c5c(cccc35)-c3c-4c(-c4ccccc4)c4ccccc4c3-c3ccccc3)c2)NC1. The van der Waals surface area contributed by atoms with Gasteiger partial charge in [-0.2, -0.15) is 0 Å². The third-order valence-corrected chi connectivity index (χ3v) is 10.9. The maximum atomic E-state index is 3.63. The average Bonchev–Trinajstić information content (AvgIpc) is 3.72. The van der Waals surface area contributed by atoms with Gasteiger partial charge >= 0.3 is 0 Å². The molecule has 0 bridgehead atoms. The van der Waals surface area contributed by atoms with Crippen molar-refractivity contribution in [2.75, 3.05) is 11.9 Å². The van der Waals surface area contributed by atoms with Gasteiger partial charge in [-0.05, 0) is 101 Å². The van der Waals surface area contributed by atoms with Gasteiger partial charge in [0.15, 0.2) is 0 Å². The van der Waals surface area contributed by atoms with Crippen LogP contribution >= 0.6 is 0 Å². The zero-order valence-electron chi connectivity index (χ0n) is 27.9. The van der Waals surface area contributed by atoms with Crippen molar-refractivity contribution in [2.45, 2.75) is 0 Å². The van der Waals surface area contributed by atoms with E-state index in [1.54, 1.807) is 0 Å². The lowest BCUT2D eigenvalue weighted by Crippen LogP contribution is -2.05. The molecule has 1 aromatic heterocycles. The van der Waals surface area contributed by atoms with E-state index in [0.29, 0.717) is 0 Å². The number of nitrogens with zero attached hydrogens (tertiary/aromatic N) is 1. The van der Waals surface area contributed by atoms with Crippen LogP contribution in [0.4, 0.5) is 5.69 Å². The van der Waals surface area contributed by atoms with Crippen molar-refractivity contribution < 1.29 is 0 Å². The summed E-state index contributed by atoms with van der Waals surface area (Å²) in [5.74, 6) is 0. The van der Waals surface area contributed by atoms with Crippen molar-refractivity contribution in [3.8, 4) is 61.3 Å². The minimum atomic E-state index is 0.845. The van der Waals surface area contributed by atoms with Crippen molar-refractivity contribution >= 4 is 44.2 Å². The topological polar surface area (TPSA) is 17.0 Å². The highest BCUT2D eigenvalue weighted by Crippen LogP contribution is 2.58. The van der Waals surface area contributed by atoms with Gasteiger partial charge in [-0.3, -0.25) is 0 Å². The lowest BCUT2D eigenvalue weighted by molar-refractivity contribution is 1.10. The third kappa shape index (κ3) is 4.05. The Morgan fingerprint density at radius 1 is 0.431 bits per heavy atom. The molecule has 1 aliphatic carbocycles. The van der Waals surface area contributed by atoms with E-state index in [4.69, 9.17) is 0 Å². The molecule has 0 unspecified atom stereocenters. The molecule has 8 aromatic carbocycles. The van der Waals surface area contributed by atoms with Gasteiger partial charge in [0.1, 0.15) is 0 Å². The Balaban J connectivity index is 1.19. The molecule has 2 heteroatoms. The van der Waals surface area contributed by atoms with E-state index in [1.165, 1.54) is 99.5 Å². The summed E-state index contributed by atoms with van der Waals surface area (Å²) in [5, 5.41) is 10.1. The minimum absolute atomic E-state index is 0.845. The summed E-state index contributed by atoms with van der Waals surface area (Å²) in [6, 6.07) is 60.3. The molecule has 0 radical (unpaired) electrons. The van der Waals surface area contributed by atoms with E-state index in [-0.39, 0.29) is 0 Å². The Labute approximate surface area is 296 Å². The first-order chi connectivity index (χ1) is 25.3. The summed E-state index contributed by atoms with van der Waals surface area (Å²) in [7, 11) is 0. The second-order valence-electron chi connectivity index (χ2n) is 13.6. The second kappa shape index (κ2) is 10.9. The molecule has 1 N–H and O–H groups in total. The number of rotatable bonds is 4. The Kier molecular flexibility index (Phi) is 6.05. The zero-order valence-corrected chi connectivity index (χ0v) is 27.9. The zero-order chi connectivity index (χ0) is 33.5. The van der Waals surface area contributed by atoms with Gasteiger partial charge in [-0.25, -0.2) is 0 Å². The average molecular weight is 649 g/mol. The molecule has 0 amide bonds. The molecule has 2 heterocycles. The van der Waals surface area contributed by atoms with Crippen LogP contribution in [-0.2, 0) is 0 Å². The molecule has 51 heavy (non-hydrogen) atoms. The van der Waals surface area contributed by atoms with E-state index < -0.39 is 0 Å². The summed E-state index contributed by atoms with van der Waals surface area (Å²) in [5.41, 5.74) is 17.6. The van der Waals surface area contributed by atoms with E-state index in [1.807, 2.05) is 0 Å². The maximum absolute atomic E-state index is 3.63. The Hall–Kier alpha value is -6.64. The fourth-order valence-corrected chi connectivity index (χ4v) is 8.89. The summed E-state index contributed by atoms with van der Waals surface area (Å²) in [6.07, 6.45) is 4.46. The fraction of sp³-hybridized carbons (Fsp3) is 0.0204. The summed E-state index contributed by atoms with van der Waals surface area (Å²) >= 11 is 0. The number of aromatic nitrogens is 1. The van der Waals surface area contributed by atoms with Crippen LogP contribution in [0.2, 0.25) is 0 Å². The van der Waals surface area contributed by atoms with Gasteiger partial charge in [0, 0.05) is 17.6 Å². The first-order valence-corrected chi connectivity index (χ1v) is 17.8. The summed E-state index contributed by atoms with van der Waals surface area (Å²) in [6.45, 7) is 0.845. The number of benzene rings is 8. The summed E-state index contributed by atoms with van der Waals surface area (Å²) in [4.78, 5) is 0. The highest BCUT2D eigenvalue weighted by molar-refractivity contribution is 6.28. The highest BCUT2D eigenvalue weighted by atomic mass is 15.0. The smallest absolute Gasteiger partial charge is 0.0698 e. The number of para-hydroxylation sites is 1. The van der Waals surface area contributed by atoms with Crippen LogP contribution in [0.15, 0.2) is 170 Å². The van der Waals surface area contributed by atoms with Crippen LogP contribution in [0, 0.1) is 0 Å². The van der Waals surface area contributed by atoms with E-state index in [9.17, 15) is 0 Å². The second-order valence-corrected chi connectivity index (χ2v) is 13.6. The third-order valence-electron chi connectivity index (χ3n) is 10.9. The number of hydrogen-bond acceptors (Lipinski definition) is 1. The lowest BCUT2D eigenvalue weighted by Gasteiger charge is -2.20. The molecule has 9 aromatic rings. The fourth-order valence-electron chi connectivity index (χ4n) is 8.89. The van der Waals surface area contributed by atoms with Crippen LogP contribution < -0.4 is 5.32 Å². The van der Waals surface area contributed by atoms with Gasteiger partial charge in [-0.15, -0.1) is 0 Å². The summed E-state index contributed by atoms with van der Waals surface area (Å²) < 4.78 is 2.40. The van der Waals surface area contributed by atoms with Crippen molar-refractivity contribution in [3.05, 3.63) is 176 Å². The van der Waals surface area contributed by atoms with Crippen LogP contribution in [-0.4, -0.2) is 11.1 Å². The largest absolute Gasteiger partial charge is 0.379 e. The number of hydrogen-bond donors (Lipinski definition) is 1. The lowest BCUT2D eigenvalue weighted by atomic mass is 9.82. The van der Waals surface area contributed by atoms with Crippen LogP contribution in [0.5, 0.6) is 0 Å². The molecule has 2 aliphatic rings. The normalized spacial score (nSPS) is 12.7. The van der Waals surface area contributed by atoms with Crippen molar-refractivity contribution in [2.24, 2.45) is 0 Å². The Bertz CT molecular complexity index is 2800. The number of nitrogens with one attached hydrogen (secondary N) is 1. The molecule has 0 saturated heterocycles. The molecule has 0 saturated carbocycles. The molecular formula is C49H32N2. The quantitative estimate of drug-likeness (QED) is 0.201. The molecule has 0 fully saturated rings. The maximum Gasteiger partial charge on any atom is 0.0698 e. The molecule has 11 rings (SSSR count). The Morgan fingerprint density at radius 2 is 1.00 bits per heavy atom. The van der Waals surface area contributed by atoms with Gasteiger partial charge < -0.3 is 9.88 Å². The van der Waals surface area contributed by atoms with Gasteiger partial charge in [0.05, 0.1) is 16.9 Å². The number of anilines is 1. The van der Waals surface area contributed by atoms with Crippen LogP contribution in [0.1, 0.15) is 5.69 Å². The predicted octanol–water partition coefficient (Wildman–Crippen LogP) is 13.0. The van der Waals surface area contributed by atoms with Crippen molar-refractivity contribution in [1.82, 2.24) is 4.57 Å². The minimum Gasteiger partial charge on any atom is -0.379 e. The van der Waals surface area contributed by atoms with Crippen molar-refractivity contribution in [1.29, 1.82) is 0 Å². The first-order valence-electron chi connectivity index (χ1n) is 17.8. The molecule has 0 spiro atoms. The highest BCUT2D eigenvalue weighted by Gasteiger charge is 2.31. The van der Waals surface area contributed by atoms with Gasteiger partial charge in [-0.1, -0.05) is 152 Å². The van der Waals surface area contributed by atoms with Gasteiger partial charge in [0.2, 0.25) is 0 Å². The van der Waals surface area contributed by atoms with E-state index in [2.05, 4.69) is 186 Å². The number of fused-ring (bicyclic) bond motifs is 7. The first kappa shape index (κ1) is 28.2. The van der Waals surface area contributed by atoms with E-state index >= 15 is 0 Å². The standard InChI is InChI=1S/C49H32N2/c1-3-14-31(15-4-1)44-37-20-7-8-21-38(37)45(32-16-5-2-6-17-32)48-41-28-27-35(36-23-12-24-40(46(36)41)47(44)48)33-18-11-19-34(30-33)51-42-25-10-9-22-39(42)49-43(51)26-13-29-50-49/h1-28,30,50H,29H2. The molecule has 2 nitrogen and oxygen atoms in total.